The third-order valence-corrected chi connectivity index (χ3v) is 3.19. The van der Waals surface area contributed by atoms with Crippen molar-refractivity contribution in [3.8, 4) is 0 Å². The van der Waals surface area contributed by atoms with E-state index in [9.17, 15) is 10.1 Å². The third-order valence-electron chi connectivity index (χ3n) is 3.19. The summed E-state index contributed by atoms with van der Waals surface area (Å²) in [6, 6.07) is 5.43. The number of nitrogen functional groups attached to an aromatic ring is 1. The van der Waals surface area contributed by atoms with Gasteiger partial charge in [0.05, 0.1) is 4.92 Å². The van der Waals surface area contributed by atoms with Crippen molar-refractivity contribution in [3.63, 3.8) is 0 Å². The Labute approximate surface area is 107 Å². The average molecular weight is 252 g/mol. The van der Waals surface area contributed by atoms with E-state index in [1.807, 2.05) is 7.05 Å². The topological polar surface area (TPSA) is 84.4 Å². The minimum atomic E-state index is -0.447. The summed E-state index contributed by atoms with van der Waals surface area (Å²) >= 11 is 0. The highest BCUT2D eigenvalue weighted by Crippen LogP contribution is 2.25. The van der Waals surface area contributed by atoms with E-state index in [0.29, 0.717) is 11.7 Å². The first kappa shape index (κ1) is 14.4. The molecular formula is C12H20N4O2. The van der Waals surface area contributed by atoms with Gasteiger partial charge in [-0.15, -0.1) is 0 Å². The van der Waals surface area contributed by atoms with Crippen LogP contribution in [0.15, 0.2) is 18.2 Å². The van der Waals surface area contributed by atoms with E-state index >= 15 is 0 Å². The lowest BCUT2D eigenvalue weighted by molar-refractivity contribution is -0.384. The largest absolute Gasteiger partial charge is 0.318 e. The Morgan fingerprint density at radius 2 is 2.22 bits per heavy atom. The van der Waals surface area contributed by atoms with Gasteiger partial charge in [0.2, 0.25) is 0 Å². The summed E-state index contributed by atoms with van der Waals surface area (Å²) in [6.45, 7) is 5.01. The molecule has 1 atom stereocenters. The standard InChI is InChI=1S/C12H20N4O2/c1-4-9(2)15(3)8-10-5-6-12(16(17)18)11(7-10)14-13/h5-7,9,14H,4,8,13H2,1-3H3. The predicted octanol–water partition coefficient (Wildman–Crippen LogP) is 2.11. The van der Waals surface area contributed by atoms with Crippen LogP contribution in [0, 0.1) is 10.1 Å². The van der Waals surface area contributed by atoms with Gasteiger partial charge in [0, 0.05) is 18.7 Å². The van der Waals surface area contributed by atoms with Gasteiger partial charge in [-0.3, -0.25) is 20.9 Å². The summed E-state index contributed by atoms with van der Waals surface area (Å²) in [5.41, 5.74) is 3.71. The minimum absolute atomic E-state index is 0.00700. The van der Waals surface area contributed by atoms with Gasteiger partial charge in [0.25, 0.3) is 5.69 Å². The molecule has 6 nitrogen and oxygen atoms in total. The number of nitrogens with one attached hydrogen (secondary N) is 1. The summed E-state index contributed by atoms with van der Waals surface area (Å²) in [5.74, 6) is 5.31. The molecule has 1 aromatic carbocycles. The Morgan fingerprint density at radius 1 is 1.56 bits per heavy atom. The molecule has 0 aliphatic carbocycles. The summed E-state index contributed by atoms with van der Waals surface area (Å²) in [6.07, 6.45) is 1.06. The van der Waals surface area contributed by atoms with Crippen molar-refractivity contribution in [2.75, 3.05) is 12.5 Å². The van der Waals surface area contributed by atoms with Crippen LogP contribution >= 0.6 is 0 Å². The Morgan fingerprint density at radius 3 is 2.72 bits per heavy atom. The van der Waals surface area contributed by atoms with E-state index < -0.39 is 4.92 Å². The first-order chi connectivity index (χ1) is 8.49. The molecule has 0 aromatic heterocycles. The van der Waals surface area contributed by atoms with Gasteiger partial charge >= 0.3 is 0 Å². The van der Waals surface area contributed by atoms with Crippen LogP contribution in [0.2, 0.25) is 0 Å². The molecule has 0 aliphatic heterocycles. The fourth-order valence-electron chi connectivity index (χ4n) is 1.71. The fourth-order valence-corrected chi connectivity index (χ4v) is 1.71. The number of rotatable bonds is 6. The number of benzene rings is 1. The quantitative estimate of drug-likeness (QED) is 0.460. The average Bonchev–Trinajstić information content (AvgIpc) is 2.37. The molecule has 0 saturated heterocycles. The van der Waals surface area contributed by atoms with Gasteiger partial charge < -0.3 is 5.43 Å². The number of anilines is 1. The molecule has 0 amide bonds. The van der Waals surface area contributed by atoms with Crippen molar-refractivity contribution >= 4 is 11.4 Å². The Balaban J connectivity index is 2.89. The number of hydrazine groups is 1. The van der Waals surface area contributed by atoms with Crippen LogP contribution in [0.3, 0.4) is 0 Å². The number of hydrogen-bond acceptors (Lipinski definition) is 5. The second-order valence-electron chi connectivity index (χ2n) is 4.43. The highest BCUT2D eigenvalue weighted by molar-refractivity contribution is 5.62. The molecule has 6 heteroatoms. The zero-order valence-corrected chi connectivity index (χ0v) is 11.0. The molecule has 0 bridgehead atoms. The van der Waals surface area contributed by atoms with Gasteiger partial charge in [-0.1, -0.05) is 13.0 Å². The number of nitrogens with two attached hydrogens (primary N) is 1. The molecule has 0 heterocycles. The molecule has 1 unspecified atom stereocenters. The van der Waals surface area contributed by atoms with Crippen LogP contribution in [0.4, 0.5) is 11.4 Å². The Hall–Kier alpha value is -1.66. The maximum Gasteiger partial charge on any atom is 0.293 e. The van der Waals surface area contributed by atoms with Gasteiger partial charge in [0.15, 0.2) is 0 Å². The normalized spacial score (nSPS) is 12.5. The summed E-state index contributed by atoms with van der Waals surface area (Å²) in [4.78, 5) is 12.5. The van der Waals surface area contributed by atoms with Crippen LogP contribution < -0.4 is 11.3 Å². The molecule has 0 spiro atoms. The molecule has 0 saturated carbocycles. The predicted molar refractivity (Wildman–Crippen MR) is 72.1 cm³/mol. The highest BCUT2D eigenvalue weighted by atomic mass is 16.6. The van der Waals surface area contributed by atoms with Crippen LogP contribution in [-0.4, -0.2) is 22.9 Å². The summed E-state index contributed by atoms with van der Waals surface area (Å²) in [5, 5.41) is 10.8. The van der Waals surface area contributed by atoms with E-state index in [2.05, 4.69) is 24.2 Å². The smallest absolute Gasteiger partial charge is 0.293 e. The van der Waals surface area contributed by atoms with Gasteiger partial charge in [-0.2, -0.15) is 0 Å². The number of hydrogen-bond donors (Lipinski definition) is 2. The maximum atomic E-state index is 10.8. The van der Waals surface area contributed by atoms with Crippen LogP contribution in [0.25, 0.3) is 0 Å². The first-order valence-corrected chi connectivity index (χ1v) is 5.93. The van der Waals surface area contributed by atoms with Crippen molar-refractivity contribution in [2.45, 2.75) is 32.9 Å². The number of nitrogens with zero attached hydrogens (tertiary/aromatic N) is 2. The molecular weight excluding hydrogens is 232 g/mol. The Kier molecular flexibility index (Phi) is 5.06. The maximum absolute atomic E-state index is 10.8. The molecule has 0 fully saturated rings. The van der Waals surface area contributed by atoms with E-state index in [0.717, 1.165) is 18.5 Å². The molecule has 0 aliphatic rings. The molecule has 3 N–H and O–H groups in total. The van der Waals surface area contributed by atoms with E-state index in [1.165, 1.54) is 6.07 Å². The van der Waals surface area contributed by atoms with Crippen molar-refractivity contribution in [2.24, 2.45) is 5.84 Å². The van der Waals surface area contributed by atoms with E-state index in [1.54, 1.807) is 12.1 Å². The second kappa shape index (κ2) is 6.32. The summed E-state index contributed by atoms with van der Waals surface area (Å²) < 4.78 is 0. The van der Waals surface area contributed by atoms with Crippen LogP contribution in [0.5, 0.6) is 0 Å². The SMILES string of the molecule is CCC(C)N(C)Cc1ccc([N+](=O)[O-])c(NN)c1. The first-order valence-electron chi connectivity index (χ1n) is 5.93. The number of nitro benzene ring substituents is 1. The zero-order chi connectivity index (χ0) is 13.7. The molecule has 100 valence electrons. The third kappa shape index (κ3) is 3.41. The van der Waals surface area contributed by atoms with Crippen molar-refractivity contribution < 1.29 is 4.92 Å². The van der Waals surface area contributed by atoms with E-state index in [-0.39, 0.29) is 5.69 Å². The Bertz CT molecular complexity index is 423. The minimum Gasteiger partial charge on any atom is -0.318 e. The van der Waals surface area contributed by atoms with Crippen molar-refractivity contribution in [3.05, 3.63) is 33.9 Å². The zero-order valence-electron chi connectivity index (χ0n) is 11.0. The van der Waals surface area contributed by atoms with Crippen molar-refractivity contribution in [1.29, 1.82) is 0 Å². The highest BCUT2D eigenvalue weighted by Gasteiger charge is 2.14. The molecule has 1 rings (SSSR count). The summed E-state index contributed by atoms with van der Waals surface area (Å²) in [7, 11) is 2.03. The van der Waals surface area contributed by atoms with Gasteiger partial charge in [0.1, 0.15) is 5.69 Å². The van der Waals surface area contributed by atoms with Crippen molar-refractivity contribution in [1.82, 2.24) is 4.90 Å². The van der Waals surface area contributed by atoms with Crippen LogP contribution in [0.1, 0.15) is 25.8 Å². The van der Waals surface area contributed by atoms with Crippen LogP contribution in [-0.2, 0) is 6.54 Å². The molecule has 1 aromatic rings. The van der Waals surface area contributed by atoms with Gasteiger partial charge in [-0.25, -0.2) is 0 Å². The second-order valence-corrected chi connectivity index (χ2v) is 4.43. The van der Waals surface area contributed by atoms with E-state index in [4.69, 9.17) is 5.84 Å². The monoisotopic (exact) mass is 252 g/mol. The molecule has 0 radical (unpaired) electrons. The molecule has 18 heavy (non-hydrogen) atoms. The lowest BCUT2D eigenvalue weighted by atomic mass is 10.1. The fraction of sp³-hybridized carbons (Fsp3) is 0.500. The lowest BCUT2D eigenvalue weighted by Crippen LogP contribution is -2.27. The lowest BCUT2D eigenvalue weighted by Gasteiger charge is -2.23. The van der Waals surface area contributed by atoms with Gasteiger partial charge in [-0.05, 0) is 32.0 Å². The number of nitro groups is 1.